The highest BCUT2D eigenvalue weighted by molar-refractivity contribution is 9.10. The summed E-state index contributed by atoms with van der Waals surface area (Å²) in [6, 6.07) is 10.7. The van der Waals surface area contributed by atoms with E-state index in [4.69, 9.17) is 33.7 Å². The molecule has 0 aliphatic heterocycles. The van der Waals surface area contributed by atoms with Crippen molar-refractivity contribution in [2.75, 3.05) is 7.11 Å². The number of nitrogens with two attached hydrogens (primary N) is 1. The Labute approximate surface area is 130 Å². The van der Waals surface area contributed by atoms with Gasteiger partial charge in [0.15, 0.2) is 0 Å². The first-order valence-corrected chi connectivity index (χ1v) is 7.12. The van der Waals surface area contributed by atoms with Crippen molar-refractivity contribution in [3.8, 4) is 5.75 Å². The highest BCUT2D eigenvalue weighted by Crippen LogP contribution is 2.36. The van der Waals surface area contributed by atoms with Gasteiger partial charge in [0, 0.05) is 10.0 Å². The van der Waals surface area contributed by atoms with Crippen LogP contribution >= 0.6 is 39.1 Å². The van der Waals surface area contributed by atoms with Gasteiger partial charge >= 0.3 is 0 Å². The maximum absolute atomic E-state index is 6.29. The minimum absolute atomic E-state index is 0.404. The fraction of sp³-hybridized carbons (Fsp3) is 0.143. The minimum Gasteiger partial charge on any atom is -0.496 e. The summed E-state index contributed by atoms with van der Waals surface area (Å²) < 4.78 is 6.26. The zero-order valence-electron chi connectivity index (χ0n) is 10.2. The summed E-state index contributed by atoms with van der Waals surface area (Å²) in [7, 11) is 1.61. The lowest BCUT2D eigenvalue weighted by Gasteiger charge is -2.18. The molecular formula is C14H12BrCl2NO. The Hall–Kier alpha value is -0.740. The molecule has 0 radical (unpaired) electrons. The zero-order valence-corrected chi connectivity index (χ0v) is 13.3. The molecule has 1 unspecified atom stereocenters. The first-order chi connectivity index (χ1) is 9.04. The third-order valence-electron chi connectivity index (χ3n) is 2.84. The summed E-state index contributed by atoms with van der Waals surface area (Å²) in [5.41, 5.74) is 7.90. The van der Waals surface area contributed by atoms with Gasteiger partial charge in [-0.2, -0.15) is 0 Å². The molecule has 0 saturated carbocycles. The van der Waals surface area contributed by atoms with Crippen LogP contribution in [0.5, 0.6) is 5.75 Å². The van der Waals surface area contributed by atoms with E-state index in [-0.39, 0.29) is 0 Å². The third-order valence-corrected chi connectivity index (χ3v) is 4.17. The molecule has 0 bridgehead atoms. The number of rotatable bonds is 3. The summed E-state index contributed by atoms with van der Waals surface area (Å²) in [5.74, 6) is 0.715. The van der Waals surface area contributed by atoms with Gasteiger partial charge in [0.05, 0.1) is 23.2 Å². The van der Waals surface area contributed by atoms with Gasteiger partial charge in [-0.3, -0.25) is 0 Å². The van der Waals surface area contributed by atoms with Crippen molar-refractivity contribution in [2.45, 2.75) is 6.04 Å². The Morgan fingerprint density at radius 1 is 1.16 bits per heavy atom. The minimum atomic E-state index is -0.404. The van der Waals surface area contributed by atoms with E-state index in [0.29, 0.717) is 15.8 Å². The molecule has 0 saturated heterocycles. The standard InChI is InChI=1S/C14H12BrCl2NO/c1-19-12-6-5-8(15)7-10(12)14(18)9-3-2-4-11(16)13(9)17/h2-7,14H,18H2,1H3. The largest absolute Gasteiger partial charge is 0.496 e. The summed E-state index contributed by atoms with van der Waals surface area (Å²) >= 11 is 15.7. The molecule has 2 aromatic carbocycles. The molecule has 0 aliphatic carbocycles. The van der Waals surface area contributed by atoms with Gasteiger partial charge in [-0.05, 0) is 29.8 Å². The highest BCUT2D eigenvalue weighted by atomic mass is 79.9. The molecule has 2 aromatic rings. The van der Waals surface area contributed by atoms with E-state index in [1.807, 2.05) is 30.3 Å². The Morgan fingerprint density at radius 2 is 1.89 bits per heavy atom. The van der Waals surface area contributed by atoms with E-state index in [9.17, 15) is 0 Å². The van der Waals surface area contributed by atoms with Crippen molar-refractivity contribution in [3.05, 3.63) is 62.0 Å². The van der Waals surface area contributed by atoms with Crippen molar-refractivity contribution in [1.29, 1.82) is 0 Å². The molecule has 0 amide bonds. The Kier molecular flexibility index (Phi) is 4.74. The predicted octanol–water partition coefficient (Wildman–Crippen LogP) is 4.81. The van der Waals surface area contributed by atoms with Crippen LogP contribution in [0, 0.1) is 0 Å². The zero-order chi connectivity index (χ0) is 14.0. The lowest BCUT2D eigenvalue weighted by atomic mass is 9.98. The molecule has 19 heavy (non-hydrogen) atoms. The maximum Gasteiger partial charge on any atom is 0.124 e. The van der Waals surface area contributed by atoms with Gasteiger partial charge in [-0.1, -0.05) is 51.3 Å². The average Bonchev–Trinajstić information content (AvgIpc) is 2.41. The molecule has 0 fully saturated rings. The normalized spacial score (nSPS) is 12.3. The lowest BCUT2D eigenvalue weighted by molar-refractivity contribution is 0.408. The molecule has 2 nitrogen and oxygen atoms in total. The van der Waals surface area contributed by atoms with Crippen LogP contribution < -0.4 is 10.5 Å². The fourth-order valence-electron chi connectivity index (χ4n) is 1.88. The summed E-state index contributed by atoms with van der Waals surface area (Å²) in [4.78, 5) is 0. The van der Waals surface area contributed by atoms with Gasteiger partial charge in [0.25, 0.3) is 0 Å². The first-order valence-electron chi connectivity index (χ1n) is 5.57. The Balaban J connectivity index is 2.52. The van der Waals surface area contributed by atoms with Crippen LogP contribution in [0.4, 0.5) is 0 Å². The number of benzene rings is 2. The molecule has 5 heteroatoms. The second-order valence-corrected chi connectivity index (χ2v) is 5.71. The molecule has 0 aromatic heterocycles. The van der Waals surface area contributed by atoms with Gasteiger partial charge in [-0.25, -0.2) is 0 Å². The van der Waals surface area contributed by atoms with Gasteiger partial charge in [-0.15, -0.1) is 0 Å². The molecule has 0 spiro atoms. The molecule has 2 rings (SSSR count). The van der Waals surface area contributed by atoms with Crippen molar-refractivity contribution < 1.29 is 4.74 Å². The average molecular weight is 361 g/mol. The third kappa shape index (κ3) is 3.06. The van der Waals surface area contributed by atoms with Gasteiger partial charge < -0.3 is 10.5 Å². The van der Waals surface area contributed by atoms with E-state index >= 15 is 0 Å². The van der Waals surface area contributed by atoms with Crippen molar-refractivity contribution >= 4 is 39.1 Å². The molecule has 2 N–H and O–H groups in total. The monoisotopic (exact) mass is 359 g/mol. The first kappa shape index (κ1) is 14.7. The maximum atomic E-state index is 6.29. The second kappa shape index (κ2) is 6.14. The van der Waals surface area contributed by atoms with E-state index in [1.54, 1.807) is 13.2 Å². The summed E-state index contributed by atoms with van der Waals surface area (Å²) in [6.45, 7) is 0. The topological polar surface area (TPSA) is 35.2 Å². The SMILES string of the molecule is COc1ccc(Br)cc1C(N)c1cccc(Cl)c1Cl. The van der Waals surface area contributed by atoms with Crippen LogP contribution in [0.3, 0.4) is 0 Å². The predicted molar refractivity (Wildman–Crippen MR) is 83.2 cm³/mol. The molecule has 100 valence electrons. The number of ether oxygens (including phenoxy) is 1. The number of methoxy groups -OCH3 is 1. The van der Waals surface area contributed by atoms with Crippen LogP contribution in [0.1, 0.15) is 17.2 Å². The van der Waals surface area contributed by atoms with Crippen LogP contribution in [-0.2, 0) is 0 Å². The van der Waals surface area contributed by atoms with E-state index in [1.165, 1.54) is 0 Å². The summed E-state index contributed by atoms with van der Waals surface area (Å²) in [6.07, 6.45) is 0. The highest BCUT2D eigenvalue weighted by Gasteiger charge is 2.18. The van der Waals surface area contributed by atoms with Crippen molar-refractivity contribution in [1.82, 2.24) is 0 Å². The van der Waals surface area contributed by atoms with Gasteiger partial charge in [0.2, 0.25) is 0 Å². The van der Waals surface area contributed by atoms with Gasteiger partial charge in [0.1, 0.15) is 5.75 Å². The number of hydrogen-bond acceptors (Lipinski definition) is 2. The van der Waals surface area contributed by atoms with Crippen LogP contribution in [-0.4, -0.2) is 7.11 Å². The lowest BCUT2D eigenvalue weighted by Crippen LogP contribution is -2.13. The molecule has 0 heterocycles. The Bertz CT molecular complexity index is 604. The Morgan fingerprint density at radius 3 is 2.58 bits per heavy atom. The molecule has 0 aliphatic rings. The van der Waals surface area contributed by atoms with Crippen LogP contribution in [0.15, 0.2) is 40.9 Å². The van der Waals surface area contributed by atoms with Crippen LogP contribution in [0.25, 0.3) is 0 Å². The number of halogens is 3. The van der Waals surface area contributed by atoms with E-state index in [0.717, 1.165) is 15.6 Å². The van der Waals surface area contributed by atoms with E-state index < -0.39 is 6.04 Å². The number of hydrogen-bond donors (Lipinski definition) is 1. The summed E-state index contributed by atoms with van der Waals surface area (Å²) in [5, 5.41) is 0.960. The molecule has 1 atom stereocenters. The van der Waals surface area contributed by atoms with E-state index in [2.05, 4.69) is 15.9 Å². The quantitative estimate of drug-likeness (QED) is 0.852. The smallest absolute Gasteiger partial charge is 0.124 e. The second-order valence-electron chi connectivity index (χ2n) is 4.01. The van der Waals surface area contributed by atoms with Crippen LogP contribution in [0.2, 0.25) is 10.0 Å². The van der Waals surface area contributed by atoms with Crippen molar-refractivity contribution in [2.24, 2.45) is 5.73 Å². The van der Waals surface area contributed by atoms with Crippen molar-refractivity contribution in [3.63, 3.8) is 0 Å². The molecular weight excluding hydrogens is 349 g/mol. The fourth-order valence-corrected chi connectivity index (χ4v) is 2.68.